The van der Waals surface area contributed by atoms with Gasteiger partial charge in [0, 0.05) is 23.3 Å². The topological polar surface area (TPSA) is 28.7 Å². The zero-order valence-corrected chi connectivity index (χ0v) is 9.22. The molecule has 0 saturated heterocycles. The van der Waals surface area contributed by atoms with E-state index in [9.17, 15) is 0 Å². The largest absolute Gasteiger partial charge is 0.361 e. The number of hydrogen-bond acceptors (Lipinski definition) is 1. The van der Waals surface area contributed by atoms with Crippen molar-refractivity contribution < 1.29 is 0 Å². The van der Waals surface area contributed by atoms with E-state index >= 15 is 0 Å². The van der Waals surface area contributed by atoms with Gasteiger partial charge in [0.25, 0.3) is 0 Å². The molecule has 0 aromatic carbocycles. The van der Waals surface area contributed by atoms with Crippen LogP contribution in [0.5, 0.6) is 0 Å². The lowest BCUT2D eigenvalue weighted by molar-refractivity contribution is 0.875. The summed E-state index contributed by atoms with van der Waals surface area (Å²) >= 11 is 3.35. The molecule has 1 N–H and O–H groups in total. The van der Waals surface area contributed by atoms with Crippen molar-refractivity contribution in [1.82, 2.24) is 9.97 Å². The van der Waals surface area contributed by atoms with Crippen LogP contribution in [0.4, 0.5) is 0 Å². The van der Waals surface area contributed by atoms with E-state index in [-0.39, 0.29) is 0 Å². The third-order valence-corrected chi connectivity index (χ3v) is 2.62. The Bertz CT molecular complexity index is 431. The second-order valence-corrected chi connectivity index (χ2v) is 4.26. The SMILES string of the molecule is CC(C)c1c[nH]c2cc(Br)ncc12. The van der Waals surface area contributed by atoms with Gasteiger partial charge in [-0.15, -0.1) is 0 Å². The maximum atomic E-state index is 4.22. The number of H-pyrrole nitrogens is 1. The molecule has 0 amide bonds. The summed E-state index contributed by atoms with van der Waals surface area (Å²) in [5.74, 6) is 0.539. The summed E-state index contributed by atoms with van der Waals surface area (Å²) in [6.45, 7) is 4.37. The lowest BCUT2D eigenvalue weighted by Gasteiger charge is -2.01. The van der Waals surface area contributed by atoms with Gasteiger partial charge in [0.2, 0.25) is 0 Å². The Labute approximate surface area is 85.5 Å². The minimum absolute atomic E-state index is 0.539. The fourth-order valence-corrected chi connectivity index (χ4v) is 1.82. The molecular weight excluding hydrogens is 228 g/mol. The number of nitrogens with one attached hydrogen (secondary N) is 1. The van der Waals surface area contributed by atoms with E-state index in [0.29, 0.717) is 5.92 Å². The Hall–Kier alpha value is -0.830. The third-order valence-electron chi connectivity index (χ3n) is 2.19. The molecule has 2 aromatic rings. The zero-order valence-electron chi connectivity index (χ0n) is 7.63. The first-order valence-corrected chi connectivity index (χ1v) is 5.10. The van der Waals surface area contributed by atoms with E-state index in [1.165, 1.54) is 10.9 Å². The number of aromatic nitrogens is 2. The van der Waals surface area contributed by atoms with Crippen molar-refractivity contribution in [2.75, 3.05) is 0 Å². The minimum Gasteiger partial charge on any atom is -0.361 e. The summed E-state index contributed by atoms with van der Waals surface area (Å²) in [5, 5.41) is 1.22. The Morgan fingerprint density at radius 2 is 2.23 bits per heavy atom. The third kappa shape index (κ3) is 1.48. The number of fused-ring (bicyclic) bond motifs is 1. The highest BCUT2D eigenvalue weighted by Gasteiger charge is 2.07. The average molecular weight is 239 g/mol. The molecule has 68 valence electrons. The van der Waals surface area contributed by atoms with Crippen LogP contribution >= 0.6 is 15.9 Å². The molecule has 0 bridgehead atoms. The Morgan fingerprint density at radius 1 is 1.46 bits per heavy atom. The smallest absolute Gasteiger partial charge is 0.108 e. The van der Waals surface area contributed by atoms with Crippen molar-refractivity contribution in [3.8, 4) is 0 Å². The summed E-state index contributed by atoms with van der Waals surface area (Å²) in [6.07, 6.45) is 3.97. The Kier molecular flexibility index (Phi) is 2.12. The van der Waals surface area contributed by atoms with Crippen molar-refractivity contribution in [2.24, 2.45) is 0 Å². The molecule has 0 spiro atoms. The summed E-state index contributed by atoms with van der Waals surface area (Å²) < 4.78 is 0.872. The van der Waals surface area contributed by atoms with Gasteiger partial charge in [-0.1, -0.05) is 13.8 Å². The van der Waals surface area contributed by atoms with Crippen molar-refractivity contribution in [3.63, 3.8) is 0 Å². The maximum Gasteiger partial charge on any atom is 0.108 e. The molecule has 2 nitrogen and oxygen atoms in total. The van der Waals surface area contributed by atoms with E-state index in [2.05, 4.69) is 45.9 Å². The molecule has 0 aliphatic heterocycles. The highest BCUT2D eigenvalue weighted by molar-refractivity contribution is 9.10. The molecule has 13 heavy (non-hydrogen) atoms. The molecule has 2 aromatic heterocycles. The zero-order chi connectivity index (χ0) is 9.42. The van der Waals surface area contributed by atoms with Gasteiger partial charge in [-0.3, -0.25) is 0 Å². The van der Waals surface area contributed by atoms with Crippen LogP contribution in [-0.2, 0) is 0 Å². The van der Waals surface area contributed by atoms with Crippen molar-refractivity contribution in [1.29, 1.82) is 0 Å². The van der Waals surface area contributed by atoms with Crippen molar-refractivity contribution >= 4 is 26.8 Å². The van der Waals surface area contributed by atoms with Gasteiger partial charge in [0.15, 0.2) is 0 Å². The summed E-state index contributed by atoms with van der Waals surface area (Å²) in [7, 11) is 0. The predicted octanol–water partition coefficient (Wildman–Crippen LogP) is 3.45. The van der Waals surface area contributed by atoms with Crippen LogP contribution in [0.25, 0.3) is 10.9 Å². The quantitative estimate of drug-likeness (QED) is 0.758. The van der Waals surface area contributed by atoms with Gasteiger partial charge < -0.3 is 4.98 Å². The maximum absolute atomic E-state index is 4.22. The van der Waals surface area contributed by atoms with Crippen molar-refractivity contribution in [2.45, 2.75) is 19.8 Å². The summed E-state index contributed by atoms with van der Waals surface area (Å²) in [6, 6.07) is 2.00. The second-order valence-electron chi connectivity index (χ2n) is 3.45. The van der Waals surface area contributed by atoms with Gasteiger partial charge in [-0.05, 0) is 33.5 Å². The fourth-order valence-electron chi connectivity index (χ4n) is 1.49. The average Bonchev–Trinajstić information content (AvgIpc) is 2.46. The normalized spacial score (nSPS) is 11.4. The van der Waals surface area contributed by atoms with Crippen LogP contribution in [0.2, 0.25) is 0 Å². The number of hydrogen-bond donors (Lipinski definition) is 1. The molecule has 0 aliphatic rings. The molecular formula is C10H11BrN2. The van der Waals surface area contributed by atoms with E-state index in [4.69, 9.17) is 0 Å². The first-order valence-electron chi connectivity index (χ1n) is 4.31. The van der Waals surface area contributed by atoms with Gasteiger partial charge in [0.05, 0.1) is 0 Å². The number of aromatic amines is 1. The van der Waals surface area contributed by atoms with Gasteiger partial charge in [0.1, 0.15) is 4.60 Å². The molecule has 0 aliphatic carbocycles. The number of rotatable bonds is 1. The first-order chi connectivity index (χ1) is 6.18. The number of halogens is 1. The van der Waals surface area contributed by atoms with Gasteiger partial charge in [-0.25, -0.2) is 4.98 Å². The van der Waals surface area contributed by atoms with Gasteiger partial charge >= 0.3 is 0 Å². The van der Waals surface area contributed by atoms with E-state index in [0.717, 1.165) is 10.1 Å². The van der Waals surface area contributed by atoms with Crippen LogP contribution < -0.4 is 0 Å². The molecule has 0 saturated carbocycles. The van der Waals surface area contributed by atoms with E-state index in [1.807, 2.05) is 12.3 Å². The van der Waals surface area contributed by atoms with E-state index < -0.39 is 0 Å². The Balaban J connectivity index is 2.69. The lowest BCUT2D eigenvalue weighted by atomic mass is 10.0. The molecule has 0 radical (unpaired) electrons. The number of pyridine rings is 1. The lowest BCUT2D eigenvalue weighted by Crippen LogP contribution is -1.84. The first kappa shape index (κ1) is 8.75. The molecule has 0 atom stereocenters. The standard InChI is InChI=1S/C10H11BrN2/c1-6(2)7-4-12-9-3-10(11)13-5-8(7)9/h3-6,12H,1-2H3. The van der Waals surface area contributed by atoms with Crippen LogP contribution in [0.3, 0.4) is 0 Å². The van der Waals surface area contributed by atoms with Crippen LogP contribution in [0.15, 0.2) is 23.1 Å². The van der Waals surface area contributed by atoms with Gasteiger partial charge in [-0.2, -0.15) is 0 Å². The predicted molar refractivity (Wildman–Crippen MR) is 57.9 cm³/mol. The van der Waals surface area contributed by atoms with Crippen LogP contribution in [-0.4, -0.2) is 9.97 Å². The summed E-state index contributed by atoms with van der Waals surface area (Å²) in [4.78, 5) is 7.46. The molecule has 2 heterocycles. The highest BCUT2D eigenvalue weighted by atomic mass is 79.9. The molecule has 3 heteroatoms. The fraction of sp³-hybridized carbons (Fsp3) is 0.300. The molecule has 0 unspecified atom stereocenters. The monoisotopic (exact) mass is 238 g/mol. The van der Waals surface area contributed by atoms with Crippen LogP contribution in [0.1, 0.15) is 25.3 Å². The van der Waals surface area contributed by atoms with Crippen LogP contribution in [0, 0.1) is 0 Å². The second kappa shape index (κ2) is 3.14. The number of nitrogens with zero attached hydrogens (tertiary/aromatic N) is 1. The molecule has 0 fully saturated rings. The molecule has 2 rings (SSSR count). The highest BCUT2D eigenvalue weighted by Crippen LogP contribution is 2.25. The summed E-state index contributed by atoms with van der Waals surface area (Å²) in [5.41, 5.74) is 2.47. The van der Waals surface area contributed by atoms with Crippen molar-refractivity contribution in [3.05, 3.63) is 28.6 Å². The minimum atomic E-state index is 0.539. The van der Waals surface area contributed by atoms with E-state index in [1.54, 1.807) is 0 Å². The Morgan fingerprint density at radius 3 is 2.92 bits per heavy atom.